The van der Waals surface area contributed by atoms with Gasteiger partial charge in [0.1, 0.15) is 5.82 Å². The molecule has 0 aliphatic carbocycles. The van der Waals surface area contributed by atoms with Crippen LogP contribution < -0.4 is 10.6 Å². The molecule has 2 N–H and O–H groups in total. The minimum absolute atomic E-state index is 0.177. The van der Waals surface area contributed by atoms with Gasteiger partial charge in [0.25, 0.3) is 0 Å². The van der Waals surface area contributed by atoms with Crippen molar-refractivity contribution in [3.05, 3.63) is 29.6 Å². The van der Waals surface area contributed by atoms with Crippen LogP contribution in [0.15, 0.2) is 18.2 Å². The van der Waals surface area contributed by atoms with Crippen LogP contribution in [0.4, 0.5) is 10.1 Å². The number of hydrogen-bond donors (Lipinski definition) is 1. The Balaban J connectivity index is 2.33. The topological polar surface area (TPSA) is 29.3 Å². The molecule has 1 aromatic rings. The van der Waals surface area contributed by atoms with Crippen molar-refractivity contribution in [2.24, 2.45) is 5.73 Å². The molecule has 76 valence electrons. The Bertz CT molecular complexity index is 319. The van der Waals surface area contributed by atoms with Gasteiger partial charge in [-0.3, -0.25) is 0 Å². The Kier molecular flexibility index (Phi) is 2.68. The molecule has 1 saturated heterocycles. The van der Waals surface area contributed by atoms with Crippen LogP contribution in [0.25, 0.3) is 0 Å². The molecule has 0 amide bonds. The van der Waals surface area contributed by atoms with E-state index in [1.165, 1.54) is 18.9 Å². The Labute approximate surface area is 83.5 Å². The van der Waals surface area contributed by atoms with E-state index in [0.29, 0.717) is 6.54 Å². The van der Waals surface area contributed by atoms with Gasteiger partial charge in [-0.2, -0.15) is 0 Å². The number of benzene rings is 1. The molecule has 3 heteroatoms. The number of rotatable bonds is 2. The first-order chi connectivity index (χ1) is 6.81. The minimum Gasteiger partial charge on any atom is -0.371 e. The maximum Gasteiger partial charge on any atom is 0.125 e. The van der Waals surface area contributed by atoms with Gasteiger partial charge in [-0.1, -0.05) is 6.07 Å². The average Bonchev–Trinajstić information content (AvgIpc) is 2.70. The van der Waals surface area contributed by atoms with Gasteiger partial charge in [0.05, 0.1) is 0 Å². The molecule has 1 aromatic carbocycles. The van der Waals surface area contributed by atoms with Crippen LogP contribution in [0.5, 0.6) is 0 Å². The van der Waals surface area contributed by atoms with Gasteiger partial charge in [0.15, 0.2) is 0 Å². The predicted octanol–water partition coefficient (Wildman–Crippen LogP) is 1.88. The number of anilines is 1. The molecule has 0 atom stereocenters. The van der Waals surface area contributed by atoms with Gasteiger partial charge in [-0.05, 0) is 30.5 Å². The van der Waals surface area contributed by atoms with E-state index in [4.69, 9.17) is 5.73 Å². The standard InChI is InChI=1S/C11H15FN2/c12-10-4-3-9(8-13)11(7-10)14-5-1-2-6-14/h3-4,7H,1-2,5-6,8,13H2. The maximum absolute atomic E-state index is 13.1. The molecule has 0 bridgehead atoms. The van der Waals surface area contributed by atoms with E-state index >= 15 is 0 Å². The quantitative estimate of drug-likeness (QED) is 0.779. The molecule has 2 nitrogen and oxygen atoms in total. The van der Waals surface area contributed by atoms with Gasteiger partial charge in [-0.15, -0.1) is 0 Å². The maximum atomic E-state index is 13.1. The summed E-state index contributed by atoms with van der Waals surface area (Å²) in [7, 11) is 0. The lowest BCUT2D eigenvalue weighted by Gasteiger charge is -2.20. The van der Waals surface area contributed by atoms with Crippen molar-refractivity contribution in [2.75, 3.05) is 18.0 Å². The molecule has 1 heterocycles. The largest absolute Gasteiger partial charge is 0.371 e. The molecule has 0 saturated carbocycles. The van der Waals surface area contributed by atoms with Gasteiger partial charge >= 0.3 is 0 Å². The third-order valence-electron chi connectivity index (χ3n) is 2.71. The summed E-state index contributed by atoms with van der Waals surface area (Å²) in [5.41, 5.74) is 7.63. The molecule has 0 spiro atoms. The summed E-state index contributed by atoms with van der Waals surface area (Å²) in [4.78, 5) is 2.21. The summed E-state index contributed by atoms with van der Waals surface area (Å²) in [5.74, 6) is -0.177. The summed E-state index contributed by atoms with van der Waals surface area (Å²) in [6, 6.07) is 4.85. The lowest BCUT2D eigenvalue weighted by atomic mass is 10.1. The van der Waals surface area contributed by atoms with E-state index in [2.05, 4.69) is 4.90 Å². The Hall–Kier alpha value is -1.09. The summed E-state index contributed by atoms with van der Waals surface area (Å²) < 4.78 is 13.1. The fourth-order valence-electron chi connectivity index (χ4n) is 1.96. The number of halogens is 1. The van der Waals surface area contributed by atoms with Crippen molar-refractivity contribution in [3.63, 3.8) is 0 Å². The van der Waals surface area contributed by atoms with Crippen molar-refractivity contribution in [2.45, 2.75) is 19.4 Å². The van der Waals surface area contributed by atoms with E-state index < -0.39 is 0 Å². The summed E-state index contributed by atoms with van der Waals surface area (Å²) >= 11 is 0. The van der Waals surface area contributed by atoms with Crippen LogP contribution in [0.1, 0.15) is 18.4 Å². The average molecular weight is 194 g/mol. The molecule has 0 radical (unpaired) electrons. The predicted molar refractivity (Wildman–Crippen MR) is 55.7 cm³/mol. The second kappa shape index (κ2) is 3.96. The van der Waals surface area contributed by atoms with Crippen LogP contribution >= 0.6 is 0 Å². The lowest BCUT2D eigenvalue weighted by Crippen LogP contribution is -2.20. The molecule has 0 aromatic heterocycles. The Morgan fingerprint density at radius 1 is 1.29 bits per heavy atom. The zero-order valence-electron chi connectivity index (χ0n) is 8.17. The Morgan fingerprint density at radius 3 is 2.64 bits per heavy atom. The van der Waals surface area contributed by atoms with E-state index in [9.17, 15) is 4.39 Å². The van der Waals surface area contributed by atoms with Crippen molar-refractivity contribution in [1.29, 1.82) is 0 Å². The second-order valence-electron chi connectivity index (χ2n) is 3.67. The van der Waals surface area contributed by atoms with Crippen molar-refractivity contribution < 1.29 is 4.39 Å². The third kappa shape index (κ3) is 1.73. The van der Waals surface area contributed by atoms with Crippen molar-refractivity contribution >= 4 is 5.69 Å². The second-order valence-corrected chi connectivity index (χ2v) is 3.67. The van der Waals surface area contributed by atoms with Crippen LogP contribution in [0.2, 0.25) is 0 Å². The smallest absolute Gasteiger partial charge is 0.125 e. The Morgan fingerprint density at radius 2 is 2.00 bits per heavy atom. The van der Waals surface area contributed by atoms with Crippen molar-refractivity contribution in [1.82, 2.24) is 0 Å². The summed E-state index contributed by atoms with van der Waals surface area (Å²) in [6.45, 7) is 2.53. The molecule has 1 aliphatic rings. The highest BCUT2D eigenvalue weighted by Crippen LogP contribution is 2.25. The van der Waals surface area contributed by atoms with E-state index in [1.54, 1.807) is 12.1 Å². The zero-order valence-corrected chi connectivity index (χ0v) is 8.17. The first-order valence-electron chi connectivity index (χ1n) is 5.04. The highest BCUT2D eigenvalue weighted by molar-refractivity contribution is 5.54. The molecular weight excluding hydrogens is 179 g/mol. The molecule has 14 heavy (non-hydrogen) atoms. The summed E-state index contributed by atoms with van der Waals surface area (Å²) in [5, 5.41) is 0. The minimum atomic E-state index is -0.177. The highest BCUT2D eigenvalue weighted by atomic mass is 19.1. The fraction of sp³-hybridized carbons (Fsp3) is 0.455. The van der Waals surface area contributed by atoms with Gasteiger partial charge in [0.2, 0.25) is 0 Å². The third-order valence-corrected chi connectivity index (χ3v) is 2.71. The van der Waals surface area contributed by atoms with Crippen LogP contribution in [0, 0.1) is 5.82 Å². The van der Waals surface area contributed by atoms with Crippen molar-refractivity contribution in [3.8, 4) is 0 Å². The zero-order chi connectivity index (χ0) is 9.97. The monoisotopic (exact) mass is 194 g/mol. The SMILES string of the molecule is NCc1ccc(F)cc1N1CCCC1. The molecular formula is C11H15FN2. The van der Waals surface area contributed by atoms with E-state index in [1.807, 2.05) is 0 Å². The van der Waals surface area contributed by atoms with Gasteiger partial charge in [-0.25, -0.2) is 4.39 Å². The number of nitrogens with zero attached hydrogens (tertiary/aromatic N) is 1. The lowest BCUT2D eigenvalue weighted by molar-refractivity contribution is 0.626. The van der Waals surface area contributed by atoms with E-state index in [-0.39, 0.29) is 5.82 Å². The van der Waals surface area contributed by atoms with Gasteiger partial charge in [0, 0.05) is 25.3 Å². The fourth-order valence-corrected chi connectivity index (χ4v) is 1.96. The van der Waals surface area contributed by atoms with Crippen LogP contribution in [-0.4, -0.2) is 13.1 Å². The molecule has 2 rings (SSSR count). The van der Waals surface area contributed by atoms with Crippen LogP contribution in [-0.2, 0) is 6.54 Å². The van der Waals surface area contributed by atoms with Crippen LogP contribution in [0.3, 0.4) is 0 Å². The molecule has 0 unspecified atom stereocenters. The van der Waals surface area contributed by atoms with Gasteiger partial charge < -0.3 is 10.6 Å². The number of hydrogen-bond acceptors (Lipinski definition) is 2. The molecule has 1 fully saturated rings. The number of nitrogens with two attached hydrogens (primary N) is 1. The first-order valence-corrected chi connectivity index (χ1v) is 5.04. The first kappa shape index (κ1) is 9.46. The normalized spacial score (nSPS) is 16.3. The highest BCUT2D eigenvalue weighted by Gasteiger charge is 2.15. The summed E-state index contributed by atoms with van der Waals surface area (Å²) in [6.07, 6.45) is 2.39. The molecule has 1 aliphatic heterocycles. The van der Waals surface area contributed by atoms with E-state index in [0.717, 1.165) is 24.3 Å².